The molecule has 2 rings (SSSR count). The summed E-state index contributed by atoms with van der Waals surface area (Å²) in [6, 6.07) is 11.4. The Bertz CT molecular complexity index is 642. The fourth-order valence-electron chi connectivity index (χ4n) is 3.99. The molecule has 170 valence electrons. The molecule has 0 bridgehead atoms. The van der Waals surface area contributed by atoms with Gasteiger partial charge in [-0.2, -0.15) is 0 Å². The van der Waals surface area contributed by atoms with Crippen molar-refractivity contribution < 1.29 is 4.79 Å². The van der Waals surface area contributed by atoms with Gasteiger partial charge in [0.15, 0.2) is 5.96 Å². The lowest BCUT2D eigenvalue weighted by Crippen LogP contribution is -2.46. The highest BCUT2D eigenvalue weighted by Crippen LogP contribution is 2.17. The van der Waals surface area contributed by atoms with Gasteiger partial charge in [0.1, 0.15) is 0 Å². The molecule has 1 unspecified atom stereocenters. The molecule has 1 aliphatic rings. The van der Waals surface area contributed by atoms with E-state index in [1.165, 1.54) is 5.56 Å². The van der Waals surface area contributed by atoms with Crippen molar-refractivity contribution in [3.05, 3.63) is 35.9 Å². The zero-order valence-corrected chi connectivity index (χ0v) is 21.6. The van der Waals surface area contributed by atoms with E-state index in [-0.39, 0.29) is 29.9 Å². The lowest BCUT2D eigenvalue weighted by Gasteiger charge is -2.30. The van der Waals surface area contributed by atoms with E-state index in [0.29, 0.717) is 24.4 Å². The van der Waals surface area contributed by atoms with Crippen LogP contribution in [0.4, 0.5) is 0 Å². The highest BCUT2D eigenvalue weighted by molar-refractivity contribution is 14.0. The van der Waals surface area contributed by atoms with E-state index in [2.05, 4.69) is 60.4 Å². The molecule has 1 amide bonds. The van der Waals surface area contributed by atoms with Crippen LogP contribution < -0.4 is 10.6 Å². The molecule has 1 fully saturated rings. The summed E-state index contributed by atoms with van der Waals surface area (Å²) in [7, 11) is 1.80. The maximum absolute atomic E-state index is 12.3. The first kappa shape index (κ1) is 26.7. The average molecular weight is 530 g/mol. The van der Waals surface area contributed by atoms with Crippen molar-refractivity contribution in [2.45, 2.75) is 52.6 Å². The minimum Gasteiger partial charge on any atom is -0.356 e. The van der Waals surface area contributed by atoms with Crippen LogP contribution in [0.1, 0.15) is 39.7 Å². The molecule has 1 aromatic carbocycles. The molecule has 0 radical (unpaired) electrons. The van der Waals surface area contributed by atoms with Crippen LogP contribution in [0, 0.1) is 5.92 Å². The quantitative estimate of drug-likeness (QED) is 0.278. The molecule has 7 heteroatoms. The lowest BCUT2D eigenvalue weighted by molar-refractivity contribution is -0.127. The summed E-state index contributed by atoms with van der Waals surface area (Å²) >= 11 is 0. The summed E-state index contributed by atoms with van der Waals surface area (Å²) < 4.78 is 0. The molecule has 0 aromatic heterocycles. The van der Waals surface area contributed by atoms with Crippen LogP contribution in [0.5, 0.6) is 0 Å². The van der Waals surface area contributed by atoms with Gasteiger partial charge in [-0.25, -0.2) is 0 Å². The Morgan fingerprint density at radius 1 is 1.17 bits per heavy atom. The Kier molecular flexibility index (Phi) is 12.3. The number of carbonyl (C=O) groups excluding carboxylic acids is 1. The van der Waals surface area contributed by atoms with Crippen LogP contribution in [0.2, 0.25) is 0 Å². The Hall–Kier alpha value is -1.35. The maximum atomic E-state index is 12.3. The molecule has 30 heavy (non-hydrogen) atoms. The minimum absolute atomic E-state index is 0. The monoisotopic (exact) mass is 529 g/mol. The predicted octanol–water partition coefficient (Wildman–Crippen LogP) is 2.98. The maximum Gasteiger partial charge on any atom is 0.223 e. The second-order valence-electron chi connectivity index (χ2n) is 8.45. The van der Waals surface area contributed by atoms with Crippen molar-refractivity contribution in [3.8, 4) is 0 Å². The third-order valence-electron chi connectivity index (χ3n) is 5.58. The van der Waals surface area contributed by atoms with Gasteiger partial charge in [-0.1, -0.05) is 30.3 Å². The molecule has 1 aromatic rings. The molecule has 1 heterocycles. The molecular formula is C23H40IN5O. The van der Waals surface area contributed by atoms with Crippen LogP contribution >= 0.6 is 24.0 Å². The number of hydrogen-bond donors (Lipinski definition) is 2. The largest absolute Gasteiger partial charge is 0.356 e. The van der Waals surface area contributed by atoms with Gasteiger partial charge in [-0.15, -0.1) is 24.0 Å². The van der Waals surface area contributed by atoms with Gasteiger partial charge in [0.2, 0.25) is 5.91 Å². The van der Waals surface area contributed by atoms with Gasteiger partial charge < -0.3 is 15.5 Å². The molecule has 1 saturated heterocycles. The minimum atomic E-state index is 0. The second kappa shape index (κ2) is 13.9. The average Bonchev–Trinajstić information content (AvgIpc) is 3.05. The van der Waals surface area contributed by atoms with Crippen LogP contribution in [-0.4, -0.2) is 73.5 Å². The molecule has 1 atom stereocenters. The molecule has 0 spiro atoms. The normalized spacial score (nSPS) is 17.1. The fourth-order valence-corrected chi connectivity index (χ4v) is 3.99. The van der Waals surface area contributed by atoms with Crippen LogP contribution in [0.25, 0.3) is 0 Å². The van der Waals surface area contributed by atoms with E-state index in [0.717, 1.165) is 45.1 Å². The number of hydrogen-bond acceptors (Lipinski definition) is 3. The zero-order chi connectivity index (χ0) is 21.2. The lowest BCUT2D eigenvalue weighted by atomic mass is 10.1. The number of nitrogens with zero attached hydrogens (tertiary/aromatic N) is 3. The first-order valence-corrected chi connectivity index (χ1v) is 10.9. The van der Waals surface area contributed by atoms with E-state index < -0.39 is 0 Å². The number of nitrogens with one attached hydrogen (secondary N) is 2. The highest BCUT2D eigenvalue weighted by atomic mass is 127. The van der Waals surface area contributed by atoms with Crippen molar-refractivity contribution in [1.82, 2.24) is 20.4 Å². The van der Waals surface area contributed by atoms with Gasteiger partial charge in [0.25, 0.3) is 0 Å². The molecule has 0 aliphatic carbocycles. The van der Waals surface area contributed by atoms with Crippen molar-refractivity contribution in [3.63, 3.8) is 0 Å². The van der Waals surface area contributed by atoms with E-state index in [9.17, 15) is 4.79 Å². The summed E-state index contributed by atoms with van der Waals surface area (Å²) in [6.45, 7) is 13.1. The number of aliphatic imine (C=N–C) groups is 1. The summed E-state index contributed by atoms with van der Waals surface area (Å²) in [5.74, 6) is 1.41. The molecular weight excluding hydrogens is 489 g/mol. The van der Waals surface area contributed by atoms with E-state index in [1.807, 2.05) is 23.1 Å². The van der Waals surface area contributed by atoms with Gasteiger partial charge in [-0.05, 0) is 39.7 Å². The Balaban J connectivity index is 0.00000450. The first-order valence-electron chi connectivity index (χ1n) is 10.9. The van der Waals surface area contributed by atoms with Crippen LogP contribution in [-0.2, 0) is 11.2 Å². The number of carbonyl (C=O) groups is 1. The summed E-state index contributed by atoms with van der Waals surface area (Å²) in [4.78, 5) is 21.1. The topological polar surface area (TPSA) is 60.0 Å². The Morgan fingerprint density at radius 2 is 1.83 bits per heavy atom. The first-order chi connectivity index (χ1) is 13.9. The standard InChI is InChI=1S/C23H39N5O.HI/c1-18(2)28(19(3)4)14-12-25-23(24-5)26-16-21-15-22(29)27(17-21)13-11-20-9-7-6-8-10-20;/h6-10,18-19,21H,11-17H2,1-5H3,(H2,24,25,26);1H. The van der Waals surface area contributed by atoms with Gasteiger partial charge >= 0.3 is 0 Å². The third kappa shape index (κ3) is 8.79. The molecule has 6 nitrogen and oxygen atoms in total. The fraction of sp³-hybridized carbons (Fsp3) is 0.652. The van der Waals surface area contributed by atoms with Crippen molar-refractivity contribution >= 4 is 35.8 Å². The van der Waals surface area contributed by atoms with Crippen molar-refractivity contribution in [2.75, 3.05) is 39.8 Å². The number of amides is 1. The highest BCUT2D eigenvalue weighted by Gasteiger charge is 2.29. The smallest absolute Gasteiger partial charge is 0.223 e. The number of halogens is 1. The van der Waals surface area contributed by atoms with E-state index in [1.54, 1.807) is 7.05 Å². The Labute approximate surface area is 199 Å². The summed E-state index contributed by atoms with van der Waals surface area (Å²) in [6.07, 6.45) is 1.53. The van der Waals surface area contributed by atoms with Gasteiger partial charge in [0, 0.05) is 64.2 Å². The Morgan fingerprint density at radius 3 is 2.43 bits per heavy atom. The number of benzene rings is 1. The zero-order valence-electron chi connectivity index (χ0n) is 19.2. The van der Waals surface area contributed by atoms with E-state index in [4.69, 9.17) is 0 Å². The molecule has 1 aliphatic heterocycles. The third-order valence-corrected chi connectivity index (χ3v) is 5.58. The number of likely N-dealkylation sites (tertiary alicyclic amines) is 1. The van der Waals surface area contributed by atoms with Crippen molar-refractivity contribution in [2.24, 2.45) is 10.9 Å². The predicted molar refractivity (Wildman–Crippen MR) is 137 cm³/mol. The SMILES string of the molecule is CN=C(NCCN(C(C)C)C(C)C)NCC1CC(=O)N(CCc2ccccc2)C1.I. The van der Waals surface area contributed by atoms with Gasteiger partial charge in [0.05, 0.1) is 0 Å². The van der Waals surface area contributed by atoms with Crippen LogP contribution in [0.3, 0.4) is 0 Å². The molecule has 2 N–H and O–H groups in total. The number of rotatable bonds is 10. The summed E-state index contributed by atoms with van der Waals surface area (Å²) in [5, 5.41) is 6.80. The van der Waals surface area contributed by atoms with Crippen molar-refractivity contribution in [1.29, 1.82) is 0 Å². The van der Waals surface area contributed by atoms with Crippen LogP contribution in [0.15, 0.2) is 35.3 Å². The molecule has 0 saturated carbocycles. The van der Waals surface area contributed by atoms with Gasteiger partial charge in [-0.3, -0.25) is 14.7 Å². The second-order valence-corrected chi connectivity index (χ2v) is 8.45. The number of guanidine groups is 1. The van der Waals surface area contributed by atoms with E-state index >= 15 is 0 Å². The summed E-state index contributed by atoms with van der Waals surface area (Å²) in [5.41, 5.74) is 1.28.